The fourth-order valence-electron chi connectivity index (χ4n) is 1.48. The van der Waals surface area contributed by atoms with Gasteiger partial charge in [-0.05, 0) is 13.3 Å². The molecule has 0 radical (unpaired) electrons. The number of anilines is 2. The van der Waals surface area contributed by atoms with E-state index < -0.39 is 0 Å². The maximum atomic E-state index is 9.20. The van der Waals surface area contributed by atoms with Crippen LogP contribution in [0, 0.1) is 0 Å². The summed E-state index contributed by atoms with van der Waals surface area (Å²) in [5.74, 6) is 1.25. The summed E-state index contributed by atoms with van der Waals surface area (Å²) in [6.45, 7) is 2.41. The smallest absolute Gasteiger partial charge is 0.226 e. The van der Waals surface area contributed by atoms with Gasteiger partial charge in [-0.15, -0.1) is 0 Å². The van der Waals surface area contributed by atoms with E-state index in [9.17, 15) is 5.11 Å². The van der Waals surface area contributed by atoms with Gasteiger partial charge in [-0.1, -0.05) is 0 Å². The molecule has 2 aromatic heterocycles. The lowest BCUT2D eigenvalue weighted by Gasteiger charge is -2.09. The van der Waals surface area contributed by atoms with E-state index in [-0.39, 0.29) is 6.10 Å². The second-order valence-corrected chi connectivity index (χ2v) is 3.84. The number of nitrogens with zero attached hydrogens (tertiary/aromatic N) is 3. The average Bonchev–Trinajstić information content (AvgIpc) is 2.76. The third-order valence-corrected chi connectivity index (χ3v) is 2.39. The SMILES string of the molecule is CNc1nc(NCCC(C)O)c2cn[nH]c2n1. The van der Waals surface area contributed by atoms with Gasteiger partial charge >= 0.3 is 0 Å². The van der Waals surface area contributed by atoms with E-state index in [4.69, 9.17) is 0 Å². The van der Waals surface area contributed by atoms with Crippen molar-refractivity contribution in [1.29, 1.82) is 0 Å². The van der Waals surface area contributed by atoms with Crippen LogP contribution < -0.4 is 10.6 Å². The highest BCUT2D eigenvalue weighted by molar-refractivity contribution is 5.86. The monoisotopic (exact) mass is 236 g/mol. The molecule has 1 atom stereocenters. The molecule has 0 aromatic carbocycles. The minimum absolute atomic E-state index is 0.326. The number of rotatable bonds is 5. The Hall–Kier alpha value is -1.89. The fourth-order valence-corrected chi connectivity index (χ4v) is 1.48. The van der Waals surface area contributed by atoms with Crippen molar-refractivity contribution in [3.8, 4) is 0 Å². The molecule has 0 spiro atoms. The van der Waals surface area contributed by atoms with Crippen LogP contribution in [0.5, 0.6) is 0 Å². The quantitative estimate of drug-likeness (QED) is 0.606. The van der Waals surface area contributed by atoms with E-state index in [2.05, 4.69) is 30.8 Å². The number of aromatic nitrogens is 4. The maximum absolute atomic E-state index is 9.20. The van der Waals surface area contributed by atoms with E-state index >= 15 is 0 Å². The van der Waals surface area contributed by atoms with Gasteiger partial charge in [-0.2, -0.15) is 15.1 Å². The third-order valence-electron chi connectivity index (χ3n) is 2.39. The third kappa shape index (κ3) is 2.62. The summed E-state index contributed by atoms with van der Waals surface area (Å²) in [7, 11) is 1.76. The number of nitrogens with one attached hydrogen (secondary N) is 3. The van der Waals surface area contributed by atoms with E-state index in [1.54, 1.807) is 20.2 Å². The van der Waals surface area contributed by atoms with Gasteiger partial charge in [-0.25, -0.2) is 0 Å². The minimum Gasteiger partial charge on any atom is -0.393 e. The van der Waals surface area contributed by atoms with Gasteiger partial charge in [0, 0.05) is 13.6 Å². The Labute approximate surface area is 98.7 Å². The summed E-state index contributed by atoms with van der Waals surface area (Å²) in [6, 6.07) is 0. The molecule has 92 valence electrons. The molecule has 1 unspecified atom stereocenters. The predicted molar refractivity (Wildman–Crippen MR) is 66.0 cm³/mol. The van der Waals surface area contributed by atoms with Gasteiger partial charge in [-0.3, -0.25) is 5.10 Å². The largest absolute Gasteiger partial charge is 0.393 e. The van der Waals surface area contributed by atoms with Crippen molar-refractivity contribution in [2.24, 2.45) is 0 Å². The molecule has 0 aliphatic rings. The van der Waals surface area contributed by atoms with Crippen LogP contribution in [0.1, 0.15) is 13.3 Å². The van der Waals surface area contributed by atoms with E-state index in [0.29, 0.717) is 30.4 Å². The first-order valence-electron chi connectivity index (χ1n) is 5.51. The van der Waals surface area contributed by atoms with Crippen molar-refractivity contribution >= 4 is 22.8 Å². The molecule has 2 heterocycles. The number of hydrogen-bond donors (Lipinski definition) is 4. The van der Waals surface area contributed by atoms with Crippen molar-refractivity contribution in [1.82, 2.24) is 20.2 Å². The van der Waals surface area contributed by atoms with Crippen LogP contribution in [0.2, 0.25) is 0 Å². The Morgan fingerprint density at radius 3 is 3.00 bits per heavy atom. The highest BCUT2D eigenvalue weighted by Gasteiger charge is 2.08. The Morgan fingerprint density at radius 2 is 2.29 bits per heavy atom. The maximum Gasteiger partial charge on any atom is 0.226 e. The fraction of sp³-hybridized carbons (Fsp3) is 0.500. The van der Waals surface area contributed by atoms with Crippen LogP contribution in [0.25, 0.3) is 11.0 Å². The molecular weight excluding hydrogens is 220 g/mol. The average molecular weight is 236 g/mol. The van der Waals surface area contributed by atoms with Gasteiger partial charge in [0.1, 0.15) is 5.82 Å². The number of H-pyrrole nitrogens is 1. The molecule has 0 fully saturated rings. The van der Waals surface area contributed by atoms with Crippen LogP contribution in [-0.4, -0.2) is 45.0 Å². The second kappa shape index (κ2) is 4.96. The number of aliphatic hydroxyl groups excluding tert-OH is 1. The first-order valence-corrected chi connectivity index (χ1v) is 5.51. The Morgan fingerprint density at radius 1 is 1.47 bits per heavy atom. The Kier molecular flexibility index (Phi) is 3.38. The van der Waals surface area contributed by atoms with Crippen LogP contribution in [0.3, 0.4) is 0 Å². The lowest BCUT2D eigenvalue weighted by atomic mass is 10.3. The van der Waals surface area contributed by atoms with Gasteiger partial charge in [0.15, 0.2) is 5.65 Å². The van der Waals surface area contributed by atoms with Crippen LogP contribution >= 0.6 is 0 Å². The summed E-state index contributed by atoms with van der Waals surface area (Å²) in [5, 5.41) is 22.8. The minimum atomic E-state index is -0.326. The zero-order valence-electron chi connectivity index (χ0n) is 9.86. The molecular formula is C10H16N6O. The molecule has 4 N–H and O–H groups in total. The highest BCUT2D eigenvalue weighted by atomic mass is 16.3. The normalized spacial score (nSPS) is 12.6. The molecule has 7 heteroatoms. The molecule has 0 amide bonds. The Balaban J connectivity index is 2.21. The molecule has 2 aromatic rings. The molecule has 0 aliphatic heterocycles. The number of fused-ring (bicyclic) bond motifs is 1. The van der Waals surface area contributed by atoms with Crippen molar-refractivity contribution in [3.05, 3.63) is 6.20 Å². The second-order valence-electron chi connectivity index (χ2n) is 3.84. The standard InChI is InChI=1S/C10H16N6O/c1-6(17)3-4-12-8-7-5-13-16-9(7)15-10(11-2)14-8/h5-6,17H,3-4H2,1-2H3,(H3,11,12,13,14,15,16). The molecule has 2 rings (SSSR count). The van der Waals surface area contributed by atoms with Gasteiger partial charge in [0.25, 0.3) is 0 Å². The topological polar surface area (TPSA) is 98.8 Å². The van der Waals surface area contributed by atoms with Crippen LogP contribution in [-0.2, 0) is 0 Å². The van der Waals surface area contributed by atoms with Crippen LogP contribution in [0.15, 0.2) is 6.20 Å². The van der Waals surface area contributed by atoms with Crippen molar-refractivity contribution in [2.75, 3.05) is 24.2 Å². The van der Waals surface area contributed by atoms with Crippen molar-refractivity contribution < 1.29 is 5.11 Å². The number of aromatic amines is 1. The first-order chi connectivity index (χ1) is 8.20. The van der Waals surface area contributed by atoms with Crippen molar-refractivity contribution in [2.45, 2.75) is 19.4 Å². The zero-order valence-corrected chi connectivity index (χ0v) is 9.86. The number of aliphatic hydroxyl groups is 1. The van der Waals surface area contributed by atoms with Gasteiger partial charge in [0.05, 0.1) is 17.7 Å². The van der Waals surface area contributed by atoms with E-state index in [0.717, 1.165) is 5.39 Å². The van der Waals surface area contributed by atoms with Gasteiger partial charge in [0.2, 0.25) is 5.95 Å². The number of hydrogen-bond acceptors (Lipinski definition) is 6. The zero-order chi connectivity index (χ0) is 12.3. The predicted octanol–water partition coefficient (Wildman–Crippen LogP) is 0.577. The summed E-state index contributed by atoms with van der Waals surface area (Å²) in [4.78, 5) is 8.54. The molecule has 7 nitrogen and oxygen atoms in total. The van der Waals surface area contributed by atoms with Crippen LogP contribution in [0.4, 0.5) is 11.8 Å². The molecule has 0 bridgehead atoms. The highest BCUT2D eigenvalue weighted by Crippen LogP contribution is 2.19. The molecule has 0 saturated heterocycles. The lowest BCUT2D eigenvalue weighted by Crippen LogP contribution is -2.11. The van der Waals surface area contributed by atoms with E-state index in [1.165, 1.54) is 0 Å². The molecule has 0 saturated carbocycles. The molecule has 0 aliphatic carbocycles. The van der Waals surface area contributed by atoms with E-state index in [1.807, 2.05) is 0 Å². The molecule has 17 heavy (non-hydrogen) atoms. The Bertz CT molecular complexity index is 495. The summed E-state index contributed by atoms with van der Waals surface area (Å²) in [6.07, 6.45) is 2.02. The van der Waals surface area contributed by atoms with Crippen molar-refractivity contribution in [3.63, 3.8) is 0 Å². The summed E-state index contributed by atoms with van der Waals surface area (Å²) in [5.41, 5.74) is 0.684. The summed E-state index contributed by atoms with van der Waals surface area (Å²) >= 11 is 0. The van der Waals surface area contributed by atoms with Gasteiger partial charge < -0.3 is 15.7 Å². The first kappa shape index (κ1) is 11.6. The summed E-state index contributed by atoms with van der Waals surface area (Å²) < 4.78 is 0. The lowest BCUT2D eigenvalue weighted by molar-refractivity contribution is 0.188.